The zero-order valence-corrected chi connectivity index (χ0v) is 9.99. The first-order valence-electron chi connectivity index (χ1n) is 4.54. The van der Waals surface area contributed by atoms with Gasteiger partial charge in [0.05, 0.1) is 13.2 Å². The SMILES string of the molecule is COc1cc(Br)c([C@@H](O)CCN)cc1O. The number of methoxy groups -OCH3 is 1. The van der Waals surface area contributed by atoms with Gasteiger partial charge in [-0.2, -0.15) is 0 Å². The van der Waals surface area contributed by atoms with Gasteiger partial charge in [-0.15, -0.1) is 0 Å². The molecule has 0 heterocycles. The summed E-state index contributed by atoms with van der Waals surface area (Å²) in [5, 5.41) is 19.3. The molecule has 0 saturated carbocycles. The highest BCUT2D eigenvalue weighted by Crippen LogP contribution is 2.35. The maximum Gasteiger partial charge on any atom is 0.161 e. The predicted octanol–water partition coefficient (Wildman–Crippen LogP) is 1.55. The number of halogens is 1. The van der Waals surface area contributed by atoms with E-state index >= 15 is 0 Å². The fourth-order valence-electron chi connectivity index (χ4n) is 1.29. The Balaban J connectivity index is 3.04. The fourth-order valence-corrected chi connectivity index (χ4v) is 1.88. The number of phenols is 1. The molecule has 84 valence electrons. The maximum atomic E-state index is 9.73. The van der Waals surface area contributed by atoms with Crippen molar-refractivity contribution in [3.05, 3.63) is 22.2 Å². The second-order valence-electron chi connectivity index (χ2n) is 3.14. The molecule has 1 aromatic rings. The van der Waals surface area contributed by atoms with Gasteiger partial charge in [-0.1, -0.05) is 15.9 Å². The first-order valence-corrected chi connectivity index (χ1v) is 5.34. The average Bonchev–Trinajstić information content (AvgIpc) is 2.21. The molecule has 0 radical (unpaired) electrons. The molecule has 0 unspecified atom stereocenters. The minimum atomic E-state index is -0.679. The maximum absolute atomic E-state index is 9.73. The van der Waals surface area contributed by atoms with Crippen molar-refractivity contribution in [2.75, 3.05) is 13.7 Å². The number of aliphatic hydroxyl groups excluding tert-OH is 1. The summed E-state index contributed by atoms with van der Waals surface area (Å²) in [6.07, 6.45) is -0.231. The quantitative estimate of drug-likeness (QED) is 0.779. The molecule has 15 heavy (non-hydrogen) atoms. The van der Waals surface area contributed by atoms with Gasteiger partial charge < -0.3 is 20.7 Å². The van der Waals surface area contributed by atoms with E-state index < -0.39 is 6.10 Å². The number of nitrogens with two attached hydrogens (primary N) is 1. The number of aromatic hydroxyl groups is 1. The Morgan fingerprint density at radius 3 is 2.73 bits per heavy atom. The van der Waals surface area contributed by atoms with Crippen molar-refractivity contribution in [2.24, 2.45) is 5.73 Å². The van der Waals surface area contributed by atoms with Crippen LogP contribution >= 0.6 is 15.9 Å². The van der Waals surface area contributed by atoms with Gasteiger partial charge in [0.15, 0.2) is 11.5 Å². The van der Waals surface area contributed by atoms with E-state index in [0.717, 1.165) is 0 Å². The van der Waals surface area contributed by atoms with Gasteiger partial charge in [0.2, 0.25) is 0 Å². The van der Waals surface area contributed by atoms with Crippen LogP contribution in [0.5, 0.6) is 11.5 Å². The summed E-state index contributed by atoms with van der Waals surface area (Å²) in [6.45, 7) is 0.389. The molecule has 0 bridgehead atoms. The normalized spacial score (nSPS) is 12.5. The second-order valence-corrected chi connectivity index (χ2v) is 3.99. The molecule has 0 aliphatic heterocycles. The van der Waals surface area contributed by atoms with Crippen molar-refractivity contribution in [1.82, 2.24) is 0 Å². The molecule has 0 aromatic heterocycles. The van der Waals surface area contributed by atoms with Gasteiger partial charge in [0.25, 0.3) is 0 Å². The van der Waals surface area contributed by atoms with E-state index in [9.17, 15) is 10.2 Å². The van der Waals surface area contributed by atoms with E-state index in [0.29, 0.717) is 28.8 Å². The highest BCUT2D eigenvalue weighted by Gasteiger charge is 2.14. The summed E-state index contributed by atoms with van der Waals surface area (Å²) in [6, 6.07) is 3.09. The Morgan fingerprint density at radius 1 is 1.53 bits per heavy atom. The number of hydrogen-bond acceptors (Lipinski definition) is 4. The zero-order chi connectivity index (χ0) is 11.4. The Morgan fingerprint density at radius 2 is 2.20 bits per heavy atom. The van der Waals surface area contributed by atoms with E-state index in [1.807, 2.05) is 0 Å². The molecule has 4 N–H and O–H groups in total. The molecular formula is C10H14BrNO3. The molecule has 0 spiro atoms. The van der Waals surface area contributed by atoms with Gasteiger partial charge in [0.1, 0.15) is 0 Å². The molecule has 5 heteroatoms. The topological polar surface area (TPSA) is 75.7 Å². The summed E-state index contributed by atoms with van der Waals surface area (Å²) < 4.78 is 5.63. The van der Waals surface area contributed by atoms with Crippen molar-refractivity contribution in [3.8, 4) is 11.5 Å². The minimum Gasteiger partial charge on any atom is -0.504 e. The summed E-state index contributed by atoms with van der Waals surface area (Å²) >= 11 is 3.30. The van der Waals surface area contributed by atoms with E-state index in [1.165, 1.54) is 13.2 Å². The highest BCUT2D eigenvalue weighted by atomic mass is 79.9. The number of rotatable bonds is 4. The van der Waals surface area contributed by atoms with Crippen molar-refractivity contribution < 1.29 is 14.9 Å². The largest absolute Gasteiger partial charge is 0.504 e. The lowest BCUT2D eigenvalue weighted by molar-refractivity contribution is 0.169. The minimum absolute atomic E-state index is 0.00627. The fraction of sp³-hybridized carbons (Fsp3) is 0.400. The molecule has 0 saturated heterocycles. The molecule has 4 nitrogen and oxygen atoms in total. The van der Waals surface area contributed by atoms with Crippen molar-refractivity contribution >= 4 is 15.9 Å². The van der Waals surface area contributed by atoms with Crippen LogP contribution in [0.2, 0.25) is 0 Å². The number of phenolic OH excluding ortho intramolecular Hbond substituents is 1. The molecule has 1 rings (SSSR count). The van der Waals surface area contributed by atoms with E-state index in [4.69, 9.17) is 10.5 Å². The van der Waals surface area contributed by atoms with Crippen LogP contribution in [-0.2, 0) is 0 Å². The third-order valence-corrected chi connectivity index (χ3v) is 2.78. The monoisotopic (exact) mass is 275 g/mol. The first kappa shape index (κ1) is 12.3. The van der Waals surface area contributed by atoms with Crippen LogP contribution in [0.4, 0.5) is 0 Å². The van der Waals surface area contributed by atoms with Gasteiger partial charge in [-0.05, 0) is 30.7 Å². The van der Waals surface area contributed by atoms with Crippen molar-refractivity contribution in [3.63, 3.8) is 0 Å². The van der Waals surface area contributed by atoms with Gasteiger partial charge >= 0.3 is 0 Å². The summed E-state index contributed by atoms with van der Waals surface area (Å²) in [7, 11) is 1.47. The average molecular weight is 276 g/mol. The standard InChI is InChI=1S/C10H14BrNO3/c1-15-10-5-7(11)6(4-9(10)14)8(13)2-3-12/h4-5,8,13-14H,2-3,12H2,1H3/t8-/m0/s1. The van der Waals surface area contributed by atoms with Crippen molar-refractivity contribution in [2.45, 2.75) is 12.5 Å². The van der Waals surface area contributed by atoms with Crippen LogP contribution < -0.4 is 10.5 Å². The highest BCUT2D eigenvalue weighted by molar-refractivity contribution is 9.10. The third kappa shape index (κ3) is 2.84. The number of hydrogen-bond donors (Lipinski definition) is 3. The van der Waals surface area contributed by atoms with Crippen LogP contribution in [0.3, 0.4) is 0 Å². The van der Waals surface area contributed by atoms with E-state index in [-0.39, 0.29) is 5.75 Å². The lowest BCUT2D eigenvalue weighted by atomic mass is 10.1. The lowest BCUT2D eigenvalue weighted by Gasteiger charge is -2.13. The molecule has 1 atom stereocenters. The number of ether oxygens (including phenoxy) is 1. The summed E-state index contributed by atoms with van der Waals surface area (Å²) in [4.78, 5) is 0. The predicted molar refractivity (Wildman–Crippen MR) is 61.0 cm³/mol. The Labute approximate surface area is 96.8 Å². The molecular weight excluding hydrogens is 262 g/mol. The van der Waals surface area contributed by atoms with Crippen LogP contribution in [0.15, 0.2) is 16.6 Å². The Kier molecular flexibility index (Phi) is 4.38. The van der Waals surface area contributed by atoms with Crippen LogP contribution in [0.25, 0.3) is 0 Å². The Hall–Kier alpha value is -0.780. The second kappa shape index (κ2) is 5.34. The van der Waals surface area contributed by atoms with Gasteiger partial charge in [-0.25, -0.2) is 0 Å². The zero-order valence-electron chi connectivity index (χ0n) is 8.40. The first-order chi connectivity index (χ1) is 7.10. The van der Waals surface area contributed by atoms with Gasteiger partial charge in [-0.3, -0.25) is 0 Å². The molecule has 1 aromatic carbocycles. The summed E-state index contributed by atoms with van der Waals surface area (Å²) in [5.41, 5.74) is 5.96. The van der Waals surface area contributed by atoms with Gasteiger partial charge in [0, 0.05) is 4.47 Å². The third-order valence-electron chi connectivity index (χ3n) is 2.10. The van der Waals surface area contributed by atoms with E-state index in [2.05, 4.69) is 15.9 Å². The molecule has 0 amide bonds. The van der Waals surface area contributed by atoms with Crippen LogP contribution in [0.1, 0.15) is 18.1 Å². The molecule has 0 fully saturated rings. The molecule has 0 aliphatic rings. The lowest BCUT2D eigenvalue weighted by Crippen LogP contribution is -2.07. The van der Waals surface area contributed by atoms with E-state index in [1.54, 1.807) is 6.07 Å². The Bertz CT molecular complexity index is 344. The van der Waals surface area contributed by atoms with Crippen LogP contribution in [0, 0.1) is 0 Å². The molecule has 0 aliphatic carbocycles. The number of aliphatic hydroxyl groups is 1. The summed E-state index contributed by atoms with van der Waals surface area (Å²) in [5.74, 6) is 0.373. The van der Waals surface area contributed by atoms with Crippen molar-refractivity contribution in [1.29, 1.82) is 0 Å². The smallest absolute Gasteiger partial charge is 0.161 e. The number of benzene rings is 1. The van der Waals surface area contributed by atoms with Crippen LogP contribution in [-0.4, -0.2) is 23.9 Å².